The molecule has 0 N–H and O–H groups in total. The monoisotopic (exact) mass is 202 g/mol. The molecule has 0 unspecified atom stereocenters. The van der Waals surface area contributed by atoms with Crippen LogP contribution in [0, 0.1) is 5.92 Å². The van der Waals surface area contributed by atoms with Gasteiger partial charge in [0.2, 0.25) is 0 Å². The summed E-state index contributed by atoms with van der Waals surface area (Å²) in [4.78, 5) is 11.5. The molecule has 2 heterocycles. The van der Waals surface area contributed by atoms with Gasteiger partial charge in [0.25, 0.3) is 5.97 Å². The molecule has 2 aliphatic rings. The molecule has 0 aromatic heterocycles. The second-order valence-electron chi connectivity index (χ2n) is 3.51. The first kappa shape index (κ1) is 9.89. The van der Waals surface area contributed by atoms with Crippen molar-refractivity contribution in [3.05, 3.63) is 0 Å². The minimum absolute atomic E-state index is 0.0517. The Morgan fingerprint density at radius 1 is 1.43 bits per heavy atom. The number of ether oxygens (including phenoxy) is 4. The van der Waals surface area contributed by atoms with Gasteiger partial charge in [-0.3, -0.25) is 4.79 Å². The molecule has 0 aromatic carbocycles. The van der Waals surface area contributed by atoms with Gasteiger partial charge in [-0.25, -0.2) is 0 Å². The van der Waals surface area contributed by atoms with E-state index >= 15 is 0 Å². The topological polar surface area (TPSA) is 54.0 Å². The molecule has 0 aromatic rings. The smallest absolute Gasteiger partial charge is 0.316 e. The lowest BCUT2D eigenvalue weighted by atomic mass is 9.96. The van der Waals surface area contributed by atoms with Crippen LogP contribution in [-0.4, -0.2) is 38.9 Å². The van der Waals surface area contributed by atoms with Crippen LogP contribution in [0.4, 0.5) is 0 Å². The van der Waals surface area contributed by atoms with Gasteiger partial charge in [-0.2, -0.15) is 0 Å². The van der Waals surface area contributed by atoms with E-state index in [1.807, 2.05) is 0 Å². The first-order chi connectivity index (χ1) is 6.72. The molecule has 0 aliphatic carbocycles. The van der Waals surface area contributed by atoms with Crippen LogP contribution < -0.4 is 0 Å². The number of esters is 1. The van der Waals surface area contributed by atoms with Crippen LogP contribution in [0.1, 0.15) is 12.8 Å². The summed E-state index contributed by atoms with van der Waals surface area (Å²) in [5.41, 5.74) is 0. The molecule has 5 heteroatoms. The molecule has 5 nitrogen and oxygen atoms in total. The largest absolute Gasteiger partial charge is 0.469 e. The van der Waals surface area contributed by atoms with Gasteiger partial charge < -0.3 is 18.9 Å². The number of fused-ring (bicyclic) bond motifs is 2. The molecule has 2 bridgehead atoms. The molecule has 0 saturated carbocycles. The zero-order valence-electron chi connectivity index (χ0n) is 8.32. The van der Waals surface area contributed by atoms with Gasteiger partial charge in [0, 0.05) is 7.11 Å². The maximum Gasteiger partial charge on any atom is 0.316 e. The zero-order chi connectivity index (χ0) is 10.2. The fourth-order valence-corrected chi connectivity index (χ4v) is 2.02. The average Bonchev–Trinajstić information content (AvgIpc) is 2.56. The number of carbonyl (C=O) groups excluding carboxylic acids is 1. The van der Waals surface area contributed by atoms with Gasteiger partial charge in [0.05, 0.1) is 19.8 Å². The van der Waals surface area contributed by atoms with Crippen molar-refractivity contribution in [1.82, 2.24) is 0 Å². The predicted molar refractivity (Wildman–Crippen MR) is 45.3 cm³/mol. The molecule has 2 aliphatic heterocycles. The van der Waals surface area contributed by atoms with Crippen LogP contribution in [0.15, 0.2) is 0 Å². The summed E-state index contributed by atoms with van der Waals surface area (Å²) in [5, 5.41) is 0. The molecule has 0 radical (unpaired) electrons. The standard InChI is InChI=1S/C9H14O5/c1-11-8(10)7-4-3-6-5-13-9(7,12-2)14-6/h6-7H,3-5H2,1-2H3/t6-,7-,9-/m0/s1. The SMILES string of the molecule is COC(=O)[C@@H]1CC[C@H]2CO[C@]1(OC)O2. The Labute approximate surface area is 82.3 Å². The quantitative estimate of drug-likeness (QED) is 0.602. The van der Waals surface area contributed by atoms with E-state index in [0.29, 0.717) is 13.0 Å². The summed E-state index contributed by atoms with van der Waals surface area (Å²) < 4.78 is 20.8. The third-order valence-corrected chi connectivity index (χ3v) is 2.78. The number of hydrogen-bond acceptors (Lipinski definition) is 5. The molecular formula is C9H14O5. The van der Waals surface area contributed by atoms with E-state index in [2.05, 4.69) is 4.74 Å². The molecule has 3 atom stereocenters. The van der Waals surface area contributed by atoms with Gasteiger partial charge >= 0.3 is 5.97 Å². The lowest BCUT2D eigenvalue weighted by molar-refractivity contribution is -0.360. The van der Waals surface area contributed by atoms with Gasteiger partial charge in [-0.05, 0) is 12.8 Å². The van der Waals surface area contributed by atoms with Gasteiger partial charge in [-0.15, -0.1) is 0 Å². The zero-order valence-corrected chi connectivity index (χ0v) is 8.32. The first-order valence-corrected chi connectivity index (χ1v) is 4.66. The van der Waals surface area contributed by atoms with Crippen LogP contribution in [0.5, 0.6) is 0 Å². The van der Waals surface area contributed by atoms with Crippen molar-refractivity contribution >= 4 is 5.97 Å². The Kier molecular flexibility index (Phi) is 2.47. The Bertz CT molecular complexity index is 241. The van der Waals surface area contributed by atoms with Crippen molar-refractivity contribution in [2.24, 2.45) is 5.92 Å². The predicted octanol–water partition coefficient (Wildman–Crippen LogP) is 0.285. The van der Waals surface area contributed by atoms with Crippen LogP contribution in [-0.2, 0) is 23.7 Å². The highest BCUT2D eigenvalue weighted by atomic mass is 16.9. The van der Waals surface area contributed by atoms with Crippen molar-refractivity contribution < 1.29 is 23.7 Å². The summed E-state index contributed by atoms with van der Waals surface area (Å²) in [6.07, 6.45) is 1.55. The molecule has 14 heavy (non-hydrogen) atoms. The van der Waals surface area contributed by atoms with Crippen molar-refractivity contribution in [3.8, 4) is 0 Å². The lowest BCUT2D eigenvalue weighted by Gasteiger charge is -2.35. The highest BCUT2D eigenvalue weighted by Gasteiger charge is 2.56. The number of rotatable bonds is 2. The number of hydrogen-bond donors (Lipinski definition) is 0. The third-order valence-electron chi connectivity index (χ3n) is 2.78. The van der Waals surface area contributed by atoms with E-state index in [9.17, 15) is 4.79 Å². The Balaban J connectivity index is 2.19. The van der Waals surface area contributed by atoms with Gasteiger partial charge in [0.15, 0.2) is 0 Å². The summed E-state index contributed by atoms with van der Waals surface area (Å²) in [7, 11) is 2.83. The second kappa shape index (κ2) is 3.49. The molecule has 0 spiro atoms. The van der Waals surface area contributed by atoms with Crippen LogP contribution in [0.3, 0.4) is 0 Å². The average molecular weight is 202 g/mol. The fraction of sp³-hybridized carbons (Fsp3) is 0.889. The molecular weight excluding hydrogens is 188 g/mol. The molecule has 2 rings (SSSR count). The van der Waals surface area contributed by atoms with E-state index in [4.69, 9.17) is 14.2 Å². The number of carbonyl (C=O) groups is 1. The van der Waals surface area contributed by atoms with Crippen LogP contribution >= 0.6 is 0 Å². The Morgan fingerprint density at radius 2 is 2.21 bits per heavy atom. The van der Waals surface area contributed by atoms with Crippen LogP contribution in [0.2, 0.25) is 0 Å². The first-order valence-electron chi connectivity index (χ1n) is 4.66. The lowest BCUT2D eigenvalue weighted by Crippen LogP contribution is -2.48. The minimum atomic E-state index is -1.20. The Hall–Kier alpha value is -0.650. The second-order valence-corrected chi connectivity index (χ2v) is 3.51. The van der Waals surface area contributed by atoms with Gasteiger partial charge in [0.1, 0.15) is 5.92 Å². The maximum atomic E-state index is 11.5. The van der Waals surface area contributed by atoms with E-state index in [-0.39, 0.29) is 12.1 Å². The highest BCUT2D eigenvalue weighted by molar-refractivity contribution is 5.73. The molecule has 2 fully saturated rings. The van der Waals surface area contributed by atoms with Crippen LogP contribution in [0.25, 0.3) is 0 Å². The third kappa shape index (κ3) is 1.32. The number of methoxy groups -OCH3 is 2. The molecule has 0 amide bonds. The van der Waals surface area contributed by atoms with E-state index in [0.717, 1.165) is 6.42 Å². The van der Waals surface area contributed by atoms with Crippen molar-refractivity contribution in [1.29, 1.82) is 0 Å². The van der Waals surface area contributed by atoms with E-state index in [1.54, 1.807) is 0 Å². The fourth-order valence-electron chi connectivity index (χ4n) is 2.02. The summed E-state index contributed by atoms with van der Waals surface area (Å²) in [6, 6.07) is 0. The molecule has 2 saturated heterocycles. The summed E-state index contributed by atoms with van der Waals surface area (Å²) >= 11 is 0. The minimum Gasteiger partial charge on any atom is -0.469 e. The summed E-state index contributed by atoms with van der Waals surface area (Å²) in [5.74, 6) is -2.01. The summed E-state index contributed by atoms with van der Waals surface area (Å²) in [6.45, 7) is 0.487. The molecule has 80 valence electrons. The maximum absolute atomic E-state index is 11.5. The van der Waals surface area contributed by atoms with Crippen molar-refractivity contribution in [2.75, 3.05) is 20.8 Å². The normalized spacial score (nSPS) is 41.0. The van der Waals surface area contributed by atoms with Gasteiger partial charge in [-0.1, -0.05) is 0 Å². The highest BCUT2D eigenvalue weighted by Crippen LogP contribution is 2.41. The van der Waals surface area contributed by atoms with Crippen molar-refractivity contribution in [3.63, 3.8) is 0 Å². The van der Waals surface area contributed by atoms with E-state index < -0.39 is 11.9 Å². The van der Waals surface area contributed by atoms with E-state index in [1.165, 1.54) is 14.2 Å². The van der Waals surface area contributed by atoms with Crippen molar-refractivity contribution in [2.45, 2.75) is 24.9 Å². The Morgan fingerprint density at radius 3 is 2.86 bits per heavy atom.